The highest BCUT2D eigenvalue weighted by Crippen LogP contribution is 2.34. The molecule has 23 heavy (non-hydrogen) atoms. The van der Waals surface area contributed by atoms with E-state index >= 15 is 0 Å². The molecule has 0 spiro atoms. The normalized spacial score (nSPS) is 34.6. The van der Waals surface area contributed by atoms with Crippen LogP contribution < -0.4 is 0 Å². The smallest absolute Gasteiger partial charge is 0.309 e. The number of nitrogens with zero attached hydrogens (tertiary/aromatic N) is 1. The summed E-state index contributed by atoms with van der Waals surface area (Å²) in [6, 6.07) is 2.00. The largest absolute Gasteiger partial charge is 0.462 e. The van der Waals surface area contributed by atoms with E-state index in [0.717, 1.165) is 31.6 Å². The lowest BCUT2D eigenvalue weighted by molar-refractivity contribution is -0.158. The van der Waals surface area contributed by atoms with Gasteiger partial charge in [0.15, 0.2) is 0 Å². The third kappa shape index (κ3) is 5.48. The van der Waals surface area contributed by atoms with Gasteiger partial charge in [-0.25, -0.2) is 4.39 Å². The first-order valence-corrected chi connectivity index (χ1v) is 9.38. The van der Waals surface area contributed by atoms with Gasteiger partial charge in [0, 0.05) is 6.42 Å². The molecule has 4 heteroatoms. The van der Waals surface area contributed by atoms with E-state index < -0.39 is 12.1 Å². The molecule has 0 bridgehead atoms. The number of alkyl halides is 1. The maximum absolute atomic E-state index is 13.8. The van der Waals surface area contributed by atoms with Crippen molar-refractivity contribution >= 4 is 5.97 Å². The van der Waals surface area contributed by atoms with E-state index in [2.05, 4.69) is 6.92 Å². The lowest BCUT2D eigenvalue weighted by atomic mass is 9.79. The molecule has 2 aliphatic carbocycles. The van der Waals surface area contributed by atoms with Crippen molar-refractivity contribution in [2.75, 3.05) is 0 Å². The highest BCUT2D eigenvalue weighted by molar-refractivity contribution is 5.72. The number of rotatable bonds is 6. The van der Waals surface area contributed by atoms with E-state index in [1.807, 2.05) is 6.07 Å². The molecular weight excluding hydrogens is 293 g/mol. The van der Waals surface area contributed by atoms with Crippen LogP contribution in [0.1, 0.15) is 77.6 Å². The zero-order valence-electron chi connectivity index (χ0n) is 14.3. The van der Waals surface area contributed by atoms with Gasteiger partial charge in [-0.2, -0.15) is 5.26 Å². The minimum absolute atomic E-state index is 0.00387. The molecule has 0 N–H and O–H groups in total. The van der Waals surface area contributed by atoms with Crippen molar-refractivity contribution in [1.29, 1.82) is 5.26 Å². The summed E-state index contributed by atoms with van der Waals surface area (Å²) in [5.41, 5.74) is 0. The summed E-state index contributed by atoms with van der Waals surface area (Å²) in [5, 5.41) is 8.84. The van der Waals surface area contributed by atoms with Crippen molar-refractivity contribution in [1.82, 2.24) is 0 Å². The van der Waals surface area contributed by atoms with Crippen LogP contribution in [0.2, 0.25) is 0 Å². The van der Waals surface area contributed by atoms with Gasteiger partial charge in [-0.3, -0.25) is 4.79 Å². The monoisotopic (exact) mass is 323 g/mol. The second-order valence-corrected chi connectivity index (χ2v) is 7.34. The Morgan fingerprint density at radius 1 is 1.17 bits per heavy atom. The summed E-state index contributed by atoms with van der Waals surface area (Å²) in [7, 11) is 0. The van der Waals surface area contributed by atoms with Crippen LogP contribution >= 0.6 is 0 Å². The molecule has 0 aromatic carbocycles. The molecule has 2 rings (SSSR count). The van der Waals surface area contributed by atoms with E-state index in [1.165, 1.54) is 25.7 Å². The molecule has 0 aromatic heterocycles. The number of hydrogen-bond donors (Lipinski definition) is 0. The highest BCUT2D eigenvalue weighted by atomic mass is 19.1. The number of halogens is 1. The van der Waals surface area contributed by atoms with Crippen LogP contribution in [0, 0.1) is 29.1 Å². The Balaban J connectivity index is 1.68. The molecule has 0 radical (unpaired) electrons. The standard InChI is InChI=1S/C19H30FNO2/c1-2-3-4-5-14-6-8-15(9-7-14)19(22)23-17-11-10-16(13-21)18(20)12-17/h14-18H,2-12H2,1H3. The van der Waals surface area contributed by atoms with Gasteiger partial charge in [-0.1, -0.05) is 32.6 Å². The van der Waals surface area contributed by atoms with Gasteiger partial charge in [0.05, 0.1) is 17.9 Å². The summed E-state index contributed by atoms with van der Waals surface area (Å²) in [4.78, 5) is 12.3. The van der Waals surface area contributed by atoms with Crippen LogP contribution in [0.25, 0.3) is 0 Å². The summed E-state index contributed by atoms with van der Waals surface area (Å²) in [6.07, 6.45) is 9.06. The lowest BCUT2D eigenvalue weighted by Gasteiger charge is -2.31. The van der Waals surface area contributed by atoms with E-state index in [4.69, 9.17) is 10.00 Å². The summed E-state index contributed by atoms with van der Waals surface area (Å²) >= 11 is 0. The SMILES string of the molecule is CCCCCC1CCC(C(=O)OC2CCC(C#N)C(F)C2)CC1. The molecule has 2 saturated carbocycles. The first-order chi connectivity index (χ1) is 11.1. The number of ether oxygens (including phenoxy) is 1. The van der Waals surface area contributed by atoms with Gasteiger partial charge in [0.1, 0.15) is 12.3 Å². The van der Waals surface area contributed by atoms with Gasteiger partial charge in [0.2, 0.25) is 0 Å². The third-order valence-electron chi connectivity index (χ3n) is 5.57. The van der Waals surface area contributed by atoms with Crippen molar-refractivity contribution < 1.29 is 13.9 Å². The van der Waals surface area contributed by atoms with Crippen LogP contribution in [-0.2, 0) is 9.53 Å². The van der Waals surface area contributed by atoms with Crippen molar-refractivity contribution in [2.24, 2.45) is 17.8 Å². The summed E-state index contributed by atoms with van der Waals surface area (Å²) in [6.45, 7) is 2.22. The van der Waals surface area contributed by atoms with E-state index in [-0.39, 0.29) is 24.4 Å². The van der Waals surface area contributed by atoms with E-state index in [9.17, 15) is 9.18 Å². The van der Waals surface area contributed by atoms with Crippen molar-refractivity contribution in [3.8, 4) is 6.07 Å². The van der Waals surface area contributed by atoms with Crippen LogP contribution in [-0.4, -0.2) is 18.2 Å². The lowest BCUT2D eigenvalue weighted by Crippen LogP contribution is -2.34. The van der Waals surface area contributed by atoms with Gasteiger partial charge in [-0.15, -0.1) is 0 Å². The molecule has 0 amide bonds. The third-order valence-corrected chi connectivity index (χ3v) is 5.57. The van der Waals surface area contributed by atoms with Crippen LogP contribution in [0.5, 0.6) is 0 Å². The van der Waals surface area contributed by atoms with Crippen molar-refractivity contribution in [2.45, 2.75) is 89.8 Å². The van der Waals surface area contributed by atoms with Gasteiger partial charge >= 0.3 is 5.97 Å². The second-order valence-electron chi connectivity index (χ2n) is 7.34. The Morgan fingerprint density at radius 3 is 2.52 bits per heavy atom. The molecule has 2 aliphatic rings. The van der Waals surface area contributed by atoms with Gasteiger partial charge in [0.25, 0.3) is 0 Å². The van der Waals surface area contributed by atoms with Gasteiger partial charge < -0.3 is 4.74 Å². The maximum atomic E-state index is 13.8. The Labute approximate surface area is 139 Å². The quantitative estimate of drug-likeness (QED) is 0.513. The van der Waals surface area contributed by atoms with E-state index in [1.54, 1.807) is 0 Å². The fraction of sp³-hybridized carbons (Fsp3) is 0.895. The molecule has 3 atom stereocenters. The number of unbranched alkanes of at least 4 members (excludes halogenated alkanes) is 2. The fourth-order valence-corrected chi connectivity index (χ4v) is 3.96. The summed E-state index contributed by atoms with van der Waals surface area (Å²) < 4.78 is 19.3. The number of esters is 1. The fourth-order valence-electron chi connectivity index (χ4n) is 3.96. The van der Waals surface area contributed by atoms with Crippen molar-refractivity contribution in [3.63, 3.8) is 0 Å². The van der Waals surface area contributed by atoms with Crippen LogP contribution in [0.15, 0.2) is 0 Å². The van der Waals surface area contributed by atoms with E-state index in [0.29, 0.717) is 12.8 Å². The van der Waals surface area contributed by atoms with Gasteiger partial charge in [-0.05, 0) is 44.4 Å². The average Bonchev–Trinajstić information content (AvgIpc) is 2.56. The molecule has 3 nitrogen and oxygen atoms in total. The minimum Gasteiger partial charge on any atom is -0.462 e. The Morgan fingerprint density at radius 2 is 1.91 bits per heavy atom. The molecule has 0 saturated heterocycles. The molecule has 130 valence electrons. The molecule has 0 aliphatic heterocycles. The first kappa shape index (κ1) is 18.2. The number of carbonyl (C=O) groups excluding carboxylic acids is 1. The predicted octanol–water partition coefficient (Wildman–Crippen LogP) is 4.95. The minimum atomic E-state index is -1.15. The first-order valence-electron chi connectivity index (χ1n) is 9.38. The highest BCUT2D eigenvalue weighted by Gasteiger charge is 2.34. The number of carbonyl (C=O) groups is 1. The van der Waals surface area contributed by atoms with Crippen LogP contribution in [0.4, 0.5) is 4.39 Å². The molecule has 2 fully saturated rings. The summed E-state index contributed by atoms with van der Waals surface area (Å²) in [5.74, 6) is 0.115. The second kappa shape index (κ2) is 9.25. The molecular formula is C19H30FNO2. The maximum Gasteiger partial charge on any atom is 0.309 e. The Kier molecular flexibility index (Phi) is 7.33. The molecule has 3 unspecified atom stereocenters. The topological polar surface area (TPSA) is 50.1 Å². The van der Waals surface area contributed by atoms with Crippen molar-refractivity contribution in [3.05, 3.63) is 0 Å². The molecule has 0 aromatic rings. The average molecular weight is 323 g/mol. The number of nitriles is 1. The molecule has 0 heterocycles. The Hall–Kier alpha value is -1.11. The Bertz CT molecular complexity index is 412. The predicted molar refractivity (Wildman–Crippen MR) is 87.3 cm³/mol. The number of hydrogen-bond acceptors (Lipinski definition) is 3. The zero-order valence-corrected chi connectivity index (χ0v) is 14.3. The van der Waals surface area contributed by atoms with Crippen LogP contribution in [0.3, 0.4) is 0 Å². The zero-order chi connectivity index (χ0) is 16.7.